The molecular weight excluding hydrogens is 260 g/mol. The van der Waals surface area contributed by atoms with Crippen LogP contribution in [0.15, 0.2) is 18.2 Å². The lowest BCUT2D eigenvalue weighted by Gasteiger charge is -2.21. The lowest BCUT2D eigenvalue weighted by Crippen LogP contribution is -2.10. The van der Waals surface area contributed by atoms with Gasteiger partial charge in [0.1, 0.15) is 5.75 Å². The topological polar surface area (TPSA) is 26.3 Å². The van der Waals surface area contributed by atoms with Gasteiger partial charge in [0.25, 0.3) is 0 Å². The van der Waals surface area contributed by atoms with Gasteiger partial charge in [-0.05, 0) is 37.5 Å². The summed E-state index contributed by atoms with van der Waals surface area (Å²) in [6, 6.07) is 5.24. The number of halogens is 1. The summed E-state index contributed by atoms with van der Waals surface area (Å²) >= 11 is 6.12. The fourth-order valence-electron chi connectivity index (χ4n) is 2.65. The van der Waals surface area contributed by atoms with Crippen molar-refractivity contribution < 1.29 is 9.53 Å². The standard InChI is InChI=1S/C16H21ClO2/c1-12(18)14-7-8-16(15(17)11-14)19-10-9-13-5-3-2-4-6-13/h7-8,11,13H,2-6,9-10H2,1H3. The average Bonchev–Trinajstić information content (AvgIpc) is 2.41. The number of carbonyl (C=O) groups is 1. The first-order chi connectivity index (χ1) is 9.16. The number of hydrogen-bond acceptors (Lipinski definition) is 2. The molecule has 0 heterocycles. The molecule has 1 fully saturated rings. The van der Waals surface area contributed by atoms with Crippen LogP contribution in [0.25, 0.3) is 0 Å². The largest absolute Gasteiger partial charge is 0.492 e. The van der Waals surface area contributed by atoms with Gasteiger partial charge in [0, 0.05) is 5.56 Å². The SMILES string of the molecule is CC(=O)c1ccc(OCCC2CCCCC2)c(Cl)c1. The molecule has 0 amide bonds. The van der Waals surface area contributed by atoms with E-state index in [1.807, 2.05) is 0 Å². The molecule has 1 aromatic rings. The molecule has 0 saturated heterocycles. The first kappa shape index (κ1) is 14.4. The molecule has 0 aliphatic heterocycles. The van der Waals surface area contributed by atoms with Crippen LogP contribution < -0.4 is 4.74 Å². The van der Waals surface area contributed by atoms with Gasteiger partial charge in [0.05, 0.1) is 11.6 Å². The van der Waals surface area contributed by atoms with E-state index in [0.29, 0.717) is 22.9 Å². The van der Waals surface area contributed by atoms with Crippen molar-refractivity contribution in [3.63, 3.8) is 0 Å². The third-order valence-corrected chi connectivity index (χ3v) is 4.14. The molecule has 104 valence electrons. The molecule has 2 rings (SSSR count). The first-order valence-corrected chi connectivity index (χ1v) is 7.48. The van der Waals surface area contributed by atoms with Gasteiger partial charge in [0.15, 0.2) is 5.78 Å². The van der Waals surface area contributed by atoms with Crippen LogP contribution in [-0.2, 0) is 0 Å². The Balaban J connectivity index is 1.83. The normalized spacial score (nSPS) is 16.3. The minimum Gasteiger partial charge on any atom is -0.492 e. The van der Waals surface area contributed by atoms with E-state index in [1.54, 1.807) is 18.2 Å². The molecule has 0 aromatic heterocycles. The summed E-state index contributed by atoms with van der Waals surface area (Å²) in [4.78, 5) is 11.2. The predicted octanol–water partition coefficient (Wildman–Crippen LogP) is 4.89. The van der Waals surface area contributed by atoms with Crippen LogP contribution in [0.2, 0.25) is 5.02 Å². The number of Topliss-reactive ketones (excluding diaryl/α,β-unsaturated/α-hetero) is 1. The molecule has 19 heavy (non-hydrogen) atoms. The second-order valence-corrected chi connectivity index (χ2v) is 5.75. The van der Waals surface area contributed by atoms with Crippen LogP contribution >= 0.6 is 11.6 Å². The Bertz CT molecular complexity index is 436. The van der Waals surface area contributed by atoms with Crippen LogP contribution in [-0.4, -0.2) is 12.4 Å². The van der Waals surface area contributed by atoms with E-state index in [4.69, 9.17) is 16.3 Å². The molecule has 2 nitrogen and oxygen atoms in total. The van der Waals surface area contributed by atoms with Crippen molar-refractivity contribution in [2.75, 3.05) is 6.61 Å². The zero-order chi connectivity index (χ0) is 13.7. The van der Waals surface area contributed by atoms with Crippen molar-refractivity contribution in [3.05, 3.63) is 28.8 Å². The molecule has 1 aromatic carbocycles. The van der Waals surface area contributed by atoms with Crippen molar-refractivity contribution in [2.45, 2.75) is 45.4 Å². The van der Waals surface area contributed by atoms with Gasteiger partial charge in [-0.25, -0.2) is 0 Å². The average molecular weight is 281 g/mol. The second-order valence-electron chi connectivity index (χ2n) is 5.34. The summed E-state index contributed by atoms with van der Waals surface area (Å²) in [5, 5.41) is 0.524. The summed E-state index contributed by atoms with van der Waals surface area (Å²) in [6.07, 6.45) is 7.87. The number of rotatable bonds is 5. The molecule has 0 spiro atoms. The fraction of sp³-hybridized carbons (Fsp3) is 0.562. The van der Waals surface area contributed by atoms with Crippen LogP contribution in [0.1, 0.15) is 55.8 Å². The number of ether oxygens (including phenoxy) is 1. The Kier molecular flexibility index (Phi) is 5.26. The van der Waals surface area contributed by atoms with Crippen molar-refractivity contribution in [1.82, 2.24) is 0 Å². The molecule has 1 saturated carbocycles. The minimum atomic E-state index is 0.0238. The smallest absolute Gasteiger partial charge is 0.159 e. The molecule has 0 unspecified atom stereocenters. The summed E-state index contributed by atoms with van der Waals surface area (Å²) in [7, 11) is 0. The van der Waals surface area contributed by atoms with Gasteiger partial charge < -0.3 is 4.74 Å². The highest BCUT2D eigenvalue weighted by molar-refractivity contribution is 6.32. The van der Waals surface area contributed by atoms with E-state index in [9.17, 15) is 4.79 Å². The molecule has 1 aliphatic carbocycles. The Morgan fingerprint density at radius 1 is 1.32 bits per heavy atom. The molecular formula is C16H21ClO2. The monoisotopic (exact) mass is 280 g/mol. The minimum absolute atomic E-state index is 0.0238. The predicted molar refractivity (Wildman–Crippen MR) is 78.1 cm³/mol. The summed E-state index contributed by atoms with van der Waals surface area (Å²) in [5.74, 6) is 1.52. The van der Waals surface area contributed by atoms with Gasteiger partial charge in [-0.15, -0.1) is 0 Å². The summed E-state index contributed by atoms with van der Waals surface area (Å²) < 4.78 is 5.73. The maximum atomic E-state index is 11.2. The van der Waals surface area contributed by atoms with Crippen molar-refractivity contribution in [3.8, 4) is 5.75 Å². The van der Waals surface area contributed by atoms with Gasteiger partial charge in [-0.2, -0.15) is 0 Å². The van der Waals surface area contributed by atoms with Crippen molar-refractivity contribution in [1.29, 1.82) is 0 Å². The highest BCUT2D eigenvalue weighted by Gasteiger charge is 2.13. The number of hydrogen-bond donors (Lipinski definition) is 0. The van der Waals surface area contributed by atoms with Gasteiger partial charge in [-0.1, -0.05) is 43.7 Å². The van der Waals surface area contributed by atoms with E-state index >= 15 is 0 Å². The van der Waals surface area contributed by atoms with E-state index in [-0.39, 0.29) is 5.78 Å². The Hall–Kier alpha value is -1.02. The van der Waals surface area contributed by atoms with Gasteiger partial charge in [-0.3, -0.25) is 4.79 Å². The maximum absolute atomic E-state index is 11.2. The molecule has 0 atom stereocenters. The van der Waals surface area contributed by atoms with Crippen LogP contribution in [0.4, 0.5) is 0 Å². The molecule has 0 radical (unpaired) electrons. The van der Waals surface area contributed by atoms with E-state index in [2.05, 4.69) is 0 Å². The molecule has 3 heteroatoms. The quantitative estimate of drug-likeness (QED) is 0.718. The second kappa shape index (κ2) is 6.95. The molecule has 0 bridgehead atoms. The zero-order valence-electron chi connectivity index (χ0n) is 11.5. The third kappa shape index (κ3) is 4.24. The molecule has 1 aliphatic rings. The summed E-state index contributed by atoms with van der Waals surface area (Å²) in [6.45, 7) is 2.25. The van der Waals surface area contributed by atoms with Gasteiger partial charge in [0.2, 0.25) is 0 Å². The van der Waals surface area contributed by atoms with Gasteiger partial charge >= 0.3 is 0 Å². The van der Waals surface area contributed by atoms with Crippen LogP contribution in [0.3, 0.4) is 0 Å². The van der Waals surface area contributed by atoms with E-state index in [0.717, 1.165) is 12.3 Å². The number of carbonyl (C=O) groups excluding carboxylic acids is 1. The number of benzene rings is 1. The Morgan fingerprint density at radius 3 is 2.68 bits per heavy atom. The lowest BCUT2D eigenvalue weighted by molar-refractivity contribution is 0.101. The van der Waals surface area contributed by atoms with E-state index in [1.165, 1.54) is 39.0 Å². The van der Waals surface area contributed by atoms with Crippen LogP contribution in [0, 0.1) is 5.92 Å². The maximum Gasteiger partial charge on any atom is 0.159 e. The van der Waals surface area contributed by atoms with Crippen LogP contribution in [0.5, 0.6) is 5.75 Å². The Labute approximate surface area is 120 Å². The zero-order valence-corrected chi connectivity index (χ0v) is 12.2. The Morgan fingerprint density at radius 2 is 2.05 bits per heavy atom. The fourth-order valence-corrected chi connectivity index (χ4v) is 2.88. The van der Waals surface area contributed by atoms with E-state index < -0.39 is 0 Å². The number of ketones is 1. The van der Waals surface area contributed by atoms with Crippen molar-refractivity contribution >= 4 is 17.4 Å². The first-order valence-electron chi connectivity index (χ1n) is 7.10. The highest BCUT2D eigenvalue weighted by Crippen LogP contribution is 2.28. The van der Waals surface area contributed by atoms with Crippen molar-refractivity contribution in [2.24, 2.45) is 5.92 Å². The molecule has 0 N–H and O–H groups in total. The lowest BCUT2D eigenvalue weighted by atomic mass is 9.87. The highest BCUT2D eigenvalue weighted by atomic mass is 35.5. The summed E-state index contributed by atoms with van der Waals surface area (Å²) in [5.41, 5.74) is 0.629. The third-order valence-electron chi connectivity index (χ3n) is 3.85.